The van der Waals surface area contributed by atoms with Crippen LogP contribution in [0.2, 0.25) is 0 Å². The van der Waals surface area contributed by atoms with Gasteiger partial charge in [-0.2, -0.15) is 0 Å². The van der Waals surface area contributed by atoms with Gasteiger partial charge in [0.25, 0.3) is 0 Å². The summed E-state index contributed by atoms with van der Waals surface area (Å²) in [4.78, 5) is 10.4. The third-order valence-electron chi connectivity index (χ3n) is 6.34. The van der Waals surface area contributed by atoms with E-state index >= 15 is 0 Å². The normalized spacial score (nSPS) is 21.1. The Hall–Kier alpha value is -1.36. The second-order valence-electron chi connectivity index (χ2n) is 8.33. The van der Waals surface area contributed by atoms with Gasteiger partial charge in [-0.3, -0.25) is 9.89 Å². The molecular weight excluding hydrogens is 505 g/mol. The van der Waals surface area contributed by atoms with Gasteiger partial charge in [0.2, 0.25) is 0 Å². The Morgan fingerprint density at radius 2 is 2.06 bits per heavy atom. The number of hydrogen-bond acceptors (Lipinski definition) is 4. The molecule has 2 unspecified atom stereocenters. The largest absolute Gasteiger partial charge is 0.381 e. The smallest absolute Gasteiger partial charge is 0.191 e. The molecule has 1 aromatic heterocycles. The minimum Gasteiger partial charge on any atom is -0.381 e. The average Bonchev–Trinajstić information content (AvgIpc) is 3.43. The van der Waals surface area contributed by atoms with Gasteiger partial charge in [-0.15, -0.1) is 24.0 Å². The highest BCUT2D eigenvalue weighted by atomic mass is 127. The lowest BCUT2D eigenvalue weighted by Gasteiger charge is -2.37. The lowest BCUT2D eigenvalue weighted by molar-refractivity contribution is 0.00247. The van der Waals surface area contributed by atoms with Crippen LogP contribution < -0.4 is 10.6 Å². The van der Waals surface area contributed by atoms with Gasteiger partial charge in [0.05, 0.1) is 19.8 Å². The molecule has 0 saturated carbocycles. The number of ether oxygens (including phenoxy) is 2. The summed E-state index contributed by atoms with van der Waals surface area (Å²) in [5.41, 5.74) is 3.82. The van der Waals surface area contributed by atoms with Gasteiger partial charge in [-0.05, 0) is 37.0 Å². The first-order valence-corrected chi connectivity index (χ1v) is 11.2. The molecule has 0 bridgehead atoms. The molecule has 1 aromatic carbocycles. The molecular formula is C23H36IN5O2. The molecule has 2 aromatic rings. The Morgan fingerprint density at radius 1 is 1.23 bits per heavy atom. The zero-order valence-corrected chi connectivity index (χ0v) is 21.0. The van der Waals surface area contributed by atoms with Crippen LogP contribution in [0.1, 0.15) is 17.5 Å². The SMILES string of the molecule is CN=C(NCCc1c[nH]c2cc(C)ccc12)NCC(C1CCOC1)N1CCOCC1.I. The number of nitrogens with zero attached hydrogens (tertiary/aromatic N) is 2. The van der Waals surface area contributed by atoms with E-state index in [9.17, 15) is 0 Å². The molecule has 0 spiro atoms. The van der Waals surface area contributed by atoms with Gasteiger partial charge >= 0.3 is 0 Å². The predicted molar refractivity (Wildman–Crippen MR) is 137 cm³/mol. The highest BCUT2D eigenvalue weighted by Gasteiger charge is 2.31. The second kappa shape index (κ2) is 12.0. The molecule has 172 valence electrons. The van der Waals surface area contributed by atoms with E-state index in [1.807, 2.05) is 7.05 Å². The molecule has 0 aliphatic carbocycles. The third kappa shape index (κ3) is 6.34. The molecule has 2 fully saturated rings. The number of aryl methyl sites for hydroxylation is 1. The number of guanidine groups is 1. The monoisotopic (exact) mass is 541 g/mol. The number of halogens is 1. The molecule has 3 heterocycles. The van der Waals surface area contributed by atoms with Crippen molar-refractivity contribution in [1.29, 1.82) is 0 Å². The van der Waals surface area contributed by atoms with Gasteiger partial charge in [0.1, 0.15) is 0 Å². The van der Waals surface area contributed by atoms with E-state index < -0.39 is 0 Å². The minimum absolute atomic E-state index is 0. The van der Waals surface area contributed by atoms with E-state index in [1.165, 1.54) is 22.0 Å². The molecule has 8 heteroatoms. The van der Waals surface area contributed by atoms with E-state index in [0.717, 1.165) is 71.4 Å². The van der Waals surface area contributed by atoms with Crippen molar-refractivity contribution in [2.75, 3.05) is 59.7 Å². The van der Waals surface area contributed by atoms with Gasteiger partial charge in [-0.25, -0.2) is 0 Å². The van der Waals surface area contributed by atoms with Crippen LogP contribution in [0.5, 0.6) is 0 Å². The average molecular weight is 541 g/mol. The van der Waals surface area contributed by atoms with Crippen LogP contribution in [0.15, 0.2) is 29.4 Å². The number of hydrogen-bond donors (Lipinski definition) is 3. The van der Waals surface area contributed by atoms with Crippen LogP contribution >= 0.6 is 24.0 Å². The van der Waals surface area contributed by atoms with Crippen molar-refractivity contribution in [2.45, 2.75) is 25.8 Å². The summed E-state index contributed by atoms with van der Waals surface area (Å²) in [6, 6.07) is 7.03. The Morgan fingerprint density at radius 3 is 2.81 bits per heavy atom. The van der Waals surface area contributed by atoms with Crippen LogP contribution in [-0.4, -0.2) is 81.5 Å². The number of nitrogens with one attached hydrogen (secondary N) is 3. The molecule has 4 rings (SSSR count). The van der Waals surface area contributed by atoms with Crippen molar-refractivity contribution in [3.8, 4) is 0 Å². The van der Waals surface area contributed by atoms with Crippen LogP contribution in [0.4, 0.5) is 0 Å². The Bertz CT molecular complexity index is 844. The minimum atomic E-state index is 0. The van der Waals surface area contributed by atoms with Crippen molar-refractivity contribution in [2.24, 2.45) is 10.9 Å². The summed E-state index contributed by atoms with van der Waals surface area (Å²) in [7, 11) is 1.84. The third-order valence-corrected chi connectivity index (χ3v) is 6.34. The van der Waals surface area contributed by atoms with Gasteiger partial charge in [-0.1, -0.05) is 12.1 Å². The predicted octanol–water partition coefficient (Wildman–Crippen LogP) is 2.54. The first-order chi connectivity index (χ1) is 14.7. The van der Waals surface area contributed by atoms with E-state index in [2.05, 4.69) is 56.8 Å². The van der Waals surface area contributed by atoms with E-state index in [-0.39, 0.29) is 24.0 Å². The quantitative estimate of drug-likeness (QED) is 0.286. The molecule has 31 heavy (non-hydrogen) atoms. The number of morpholine rings is 1. The second-order valence-corrected chi connectivity index (χ2v) is 8.33. The number of aromatic nitrogens is 1. The summed E-state index contributed by atoms with van der Waals surface area (Å²) in [6.45, 7) is 9.21. The summed E-state index contributed by atoms with van der Waals surface area (Å²) in [6.07, 6.45) is 4.21. The Balaban J connectivity index is 0.00000272. The maximum Gasteiger partial charge on any atom is 0.191 e. The molecule has 2 saturated heterocycles. The summed E-state index contributed by atoms with van der Waals surface area (Å²) in [5.74, 6) is 1.44. The first kappa shape index (κ1) is 24.3. The highest BCUT2D eigenvalue weighted by Crippen LogP contribution is 2.22. The fourth-order valence-corrected chi connectivity index (χ4v) is 4.60. The van der Waals surface area contributed by atoms with Crippen LogP contribution in [0.25, 0.3) is 10.9 Å². The van der Waals surface area contributed by atoms with Crippen molar-refractivity contribution >= 4 is 40.8 Å². The number of rotatable bonds is 7. The lowest BCUT2D eigenvalue weighted by atomic mass is 9.97. The zero-order valence-electron chi connectivity index (χ0n) is 18.7. The van der Waals surface area contributed by atoms with Gasteiger partial charge in [0.15, 0.2) is 5.96 Å². The van der Waals surface area contributed by atoms with Crippen LogP contribution in [0, 0.1) is 12.8 Å². The van der Waals surface area contributed by atoms with Crippen molar-refractivity contribution in [1.82, 2.24) is 20.5 Å². The lowest BCUT2D eigenvalue weighted by Crippen LogP contribution is -2.53. The Labute approximate surface area is 202 Å². The molecule has 2 atom stereocenters. The molecule has 2 aliphatic heterocycles. The molecule has 7 nitrogen and oxygen atoms in total. The van der Waals surface area contributed by atoms with Gasteiger partial charge in [0, 0.05) is 68.9 Å². The van der Waals surface area contributed by atoms with Crippen molar-refractivity contribution in [3.63, 3.8) is 0 Å². The van der Waals surface area contributed by atoms with Crippen LogP contribution in [-0.2, 0) is 15.9 Å². The maximum atomic E-state index is 5.68. The molecule has 3 N–H and O–H groups in total. The van der Waals surface area contributed by atoms with E-state index in [4.69, 9.17) is 9.47 Å². The summed E-state index contributed by atoms with van der Waals surface area (Å²) in [5, 5.41) is 8.35. The highest BCUT2D eigenvalue weighted by molar-refractivity contribution is 14.0. The standard InChI is InChI=1S/C23H35N5O2.HI/c1-17-3-4-20-18(14-26-21(20)13-17)5-7-25-23(24-2)27-15-22(19-6-10-30-16-19)28-8-11-29-12-9-28;/h3-4,13-14,19,22,26H,5-12,15-16H2,1-2H3,(H2,24,25,27);1H. The van der Waals surface area contributed by atoms with E-state index in [0.29, 0.717) is 12.0 Å². The van der Waals surface area contributed by atoms with Crippen LogP contribution in [0.3, 0.4) is 0 Å². The fraction of sp³-hybridized carbons (Fsp3) is 0.609. The molecule has 2 aliphatic rings. The van der Waals surface area contributed by atoms with Gasteiger partial charge < -0.3 is 25.1 Å². The van der Waals surface area contributed by atoms with Crippen molar-refractivity contribution in [3.05, 3.63) is 35.5 Å². The molecule has 0 radical (unpaired) electrons. The fourth-order valence-electron chi connectivity index (χ4n) is 4.60. The number of H-pyrrole nitrogens is 1. The Kier molecular flexibility index (Phi) is 9.43. The van der Waals surface area contributed by atoms with E-state index in [1.54, 1.807) is 0 Å². The molecule has 0 amide bonds. The summed E-state index contributed by atoms with van der Waals surface area (Å²) < 4.78 is 11.2. The number of aromatic amines is 1. The first-order valence-electron chi connectivity index (χ1n) is 11.2. The number of aliphatic imine (C=N–C) groups is 1. The zero-order chi connectivity index (χ0) is 20.8. The summed E-state index contributed by atoms with van der Waals surface area (Å²) >= 11 is 0. The maximum absolute atomic E-state index is 5.68. The van der Waals surface area contributed by atoms with Crippen molar-refractivity contribution < 1.29 is 9.47 Å². The topological polar surface area (TPSA) is 73.9 Å². The number of fused-ring (bicyclic) bond motifs is 1. The number of benzene rings is 1.